The highest BCUT2D eigenvalue weighted by atomic mass is 32.2. The zero-order valence-corrected chi connectivity index (χ0v) is 9.55. The van der Waals surface area contributed by atoms with Gasteiger partial charge in [0.15, 0.2) is 0 Å². The van der Waals surface area contributed by atoms with Gasteiger partial charge in [0, 0.05) is 6.54 Å². The molecule has 0 aliphatic carbocycles. The third kappa shape index (κ3) is 3.53. The lowest BCUT2D eigenvalue weighted by Gasteiger charge is -2.10. The van der Waals surface area contributed by atoms with Gasteiger partial charge in [-0.2, -0.15) is 0 Å². The first-order valence-electron chi connectivity index (χ1n) is 4.87. The molecule has 4 nitrogen and oxygen atoms in total. The number of nitrogens with two attached hydrogens (primary N) is 1. The van der Waals surface area contributed by atoms with Crippen molar-refractivity contribution in [2.45, 2.75) is 13.3 Å². The predicted octanol–water partition coefficient (Wildman–Crippen LogP) is 0.949. The molecule has 0 saturated carbocycles. The number of para-hydroxylation sites is 1. The van der Waals surface area contributed by atoms with Gasteiger partial charge in [-0.15, -0.1) is 0 Å². The molecule has 5 heteroatoms. The molecule has 1 aromatic rings. The van der Waals surface area contributed by atoms with Gasteiger partial charge in [0.05, 0.1) is 11.4 Å². The van der Waals surface area contributed by atoms with Crippen LogP contribution < -0.4 is 10.5 Å². The molecule has 0 radical (unpaired) electrons. The van der Waals surface area contributed by atoms with Crippen LogP contribution in [0, 0.1) is 0 Å². The van der Waals surface area contributed by atoms with Gasteiger partial charge in [-0.1, -0.05) is 25.1 Å². The van der Waals surface area contributed by atoms with Crippen molar-refractivity contribution in [3.05, 3.63) is 29.8 Å². The van der Waals surface area contributed by atoms with Crippen molar-refractivity contribution in [1.82, 2.24) is 0 Å². The zero-order valence-electron chi connectivity index (χ0n) is 8.73. The Labute approximate surface area is 90.5 Å². The van der Waals surface area contributed by atoms with Crippen molar-refractivity contribution in [3.8, 4) is 0 Å². The topological polar surface area (TPSA) is 72.2 Å². The summed E-state index contributed by atoms with van der Waals surface area (Å²) in [6, 6.07) is 7.35. The summed E-state index contributed by atoms with van der Waals surface area (Å²) in [4.78, 5) is 0. The summed E-state index contributed by atoms with van der Waals surface area (Å²) in [5.41, 5.74) is 6.85. The van der Waals surface area contributed by atoms with E-state index < -0.39 is 10.0 Å². The molecule has 0 fully saturated rings. The van der Waals surface area contributed by atoms with Gasteiger partial charge >= 0.3 is 0 Å². The van der Waals surface area contributed by atoms with E-state index in [-0.39, 0.29) is 12.3 Å². The van der Waals surface area contributed by atoms with Crippen LogP contribution in [0.4, 0.5) is 5.69 Å². The first-order valence-corrected chi connectivity index (χ1v) is 6.52. The SMILES string of the molecule is CCc1ccccc1NS(=O)(=O)CCN. The van der Waals surface area contributed by atoms with Gasteiger partial charge in [0.25, 0.3) is 0 Å². The highest BCUT2D eigenvalue weighted by Crippen LogP contribution is 2.16. The lowest BCUT2D eigenvalue weighted by atomic mass is 10.1. The molecule has 0 aliphatic rings. The van der Waals surface area contributed by atoms with Crippen molar-refractivity contribution in [1.29, 1.82) is 0 Å². The number of aryl methyl sites for hydroxylation is 1. The minimum absolute atomic E-state index is 0.0505. The van der Waals surface area contributed by atoms with Gasteiger partial charge in [-0.05, 0) is 18.1 Å². The van der Waals surface area contributed by atoms with E-state index in [1.807, 2.05) is 19.1 Å². The van der Waals surface area contributed by atoms with Gasteiger partial charge in [-0.25, -0.2) is 8.42 Å². The van der Waals surface area contributed by atoms with E-state index in [1.165, 1.54) is 0 Å². The third-order valence-electron chi connectivity index (χ3n) is 2.05. The maximum absolute atomic E-state index is 11.5. The number of benzene rings is 1. The fraction of sp³-hybridized carbons (Fsp3) is 0.400. The Morgan fingerprint density at radius 1 is 1.33 bits per heavy atom. The Hall–Kier alpha value is -1.07. The van der Waals surface area contributed by atoms with E-state index in [4.69, 9.17) is 5.73 Å². The lowest BCUT2D eigenvalue weighted by molar-refractivity contribution is 0.601. The summed E-state index contributed by atoms with van der Waals surface area (Å²) < 4.78 is 25.5. The zero-order chi connectivity index (χ0) is 11.3. The average molecular weight is 228 g/mol. The second-order valence-corrected chi connectivity index (χ2v) is 5.06. The fourth-order valence-electron chi connectivity index (χ4n) is 1.30. The molecule has 3 N–H and O–H groups in total. The Kier molecular flexibility index (Phi) is 4.11. The monoisotopic (exact) mass is 228 g/mol. The van der Waals surface area contributed by atoms with Crippen molar-refractivity contribution in [2.24, 2.45) is 5.73 Å². The first kappa shape index (κ1) is 12.0. The summed E-state index contributed by atoms with van der Waals surface area (Å²) in [5.74, 6) is -0.0505. The molecule has 0 bridgehead atoms. The van der Waals surface area contributed by atoms with Crippen LogP contribution in [0.5, 0.6) is 0 Å². The average Bonchev–Trinajstić information content (AvgIpc) is 2.17. The fourth-order valence-corrected chi connectivity index (χ4v) is 2.25. The summed E-state index contributed by atoms with van der Waals surface area (Å²) in [7, 11) is -3.29. The molecule has 84 valence electrons. The second kappa shape index (κ2) is 5.14. The van der Waals surface area contributed by atoms with Crippen molar-refractivity contribution in [2.75, 3.05) is 17.0 Å². The molecular weight excluding hydrogens is 212 g/mol. The van der Waals surface area contributed by atoms with Crippen LogP contribution in [0.1, 0.15) is 12.5 Å². The number of hydrogen-bond acceptors (Lipinski definition) is 3. The van der Waals surface area contributed by atoms with Crippen LogP contribution >= 0.6 is 0 Å². The highest BCUT2D eigenvalue weighted by Gasteiger charge is 2.10. The van der Waals surface area contributed by atoms with Crippen LogP contribution in [-0.4, -0.2) is 20.7 Å². The van der Waals surface area contributed by atoms with E-state index in [2.05, 4.69) is 4.72 Å². The maximum atomic E-state index is 11.5. The van der Waals surface area contributed by atoms with Crippen LogP contribution in [-0.2, 0) is 16.4 Å². The Morgan fingerprint density at radius 3 is 2.60 bits per heavy atom. The van der Waals surface area contributed by atoms with E-state index in [0.29, 0.717) is 5.69 Å². The number of nitrogens with one attached hydrogen (secondary N) is 1. The highest BCUT2D eigenvalue weighted by molar-refractivity contribution is 7.92. The normalized spacial score (nSPS) is 11.3. The second-order valence-electron chi connectivity index (χ2n) is 3.22. The van der Waals surface area contributed by atoms with Gasteiger partial charge in [0.1, 0.15) is 0 Å². The van der Waals surface area contributed by atoms with Crippen LogP contribution in [0.3, 0.4) is 0 Å². The summed E-state index contributed by atoms with van der Waals surface area (Å²) >= 11 is 0. The number of sulfonamides is 1. The van der Waals surface area contributed by atoms with E-state index in [1.54, 1.807) is 12.1 Å². The van der Waals surface area contributed by atoms with E-state index in [9.17, 15) is 8.42 Å². The van der Waals surface area contributed by atoms with E-state index >= 15 is 0 Å². The number of hydrogen-bond donors (Lipinski definition) is 2. The summed E-state index contributed by atoms with van der Waals surface area (Å²) in [6.45, 7) is 2.11. The Morgan fingerprint density at radius 2 is 2.00 bits per heavy atom. The molecule has 0 amide bonds. The molecule has 1 aromatic carbocycles. The minimum Gasteiger partial charge on any atom is -0.329 e. The van der Waals surface area contributed by atoms with E-state index in [0.717, 1.165) is 12.0 Å². The molecule has 0 aromatic heterocycles. The Bertz CT molecular complexity index is 415. The van der Waals surface area contributed by atoms with Gasteiger partial charge in [-0.3, -0.25) is 4.72 Å². The van der Waals surface area contributed by atoms with Crippen LogP contribution in [0.2, 0.25) is 0 Å². The largest absolute Gasteiger partial charge is 0.329 e. The van der Waals surface area contributed by atoms with Crippen molar-refractivity contribution in [3.63, 3.8) is 0 Å². The van der Waals surface area contributed by atoms with Gasteiger partial charge in [0.2, 0.25) is 10.0 Å². The molecule has 0 heterocycles. The molecule has 0 aliphatic heterocycles. The Balaban J connectivity index is 2.89. The molecule has 1 rings (SSSR count). The predicted molar refractivity (Wildman–Crippen MR) is 62.3 cm³/mol. The molecule has 0 atom stereocenters. The molecular formula is C10H16N2O2S. The maximum Gasteiger partial charge on any atom is 0.233 e. The van der Waals surface area contributed by atoms with Crippen molar-refractivity contribution >= 4 is 15.7 Å². The van der Waals surface area contributed by atoms with Gasteiger partial charge < -0.3 is 5.73 Å². The smallest absolute Gasteiger partial charge is 0.233 e. The molecule has 0 saturated heterocycles. The number of rotatable bonds is 5. The summed E-state index contributed by atoms with van der Waals surface area (Å²) in [6.07, 6.45) is 0.793. The first-order chi connectivity index (χ1) is 7.09. The minimum atomic E-state index is -3.29. The summed E-state index contributed by atoms with van der Waals surface area (Å²) in [5, 5.41) is 0. The lowest BCUT2D eigenvalue weighted by Crippen LogP contribution is -2.22. The molecule has 0 spiro atoms. The quantitative estimate of drug-likeness (QED) is 0.788. The van der Waals surface area contributed by atoms with Crippen molar-refractivity contribution < 1.29 is 8.42 Å². The molecule has 0 unspecified atom stereocenters. The number of anilines is 1. The van der Waals surface area contributed by atoms with Crippen LogP contribution in [0.25, 0.3) is 0 Å². The molecule has 15 heavy (non-hydrogen) atoms. The van der Waals surface area contributed by atoms with Crippen LogP contribution in [0.15, 0.2) is 24.3 Å². The standard InChI is InChI=1S/C10H16N2O2S/c1-2-9-5-3-4-6-10(9)12-15(13,14)8-7-11/h3-6,12H,2,7-8,11H2,1H3. The third-order valence-corrected chi connectivity index (χ3v) is 3.35.